The molecule has 7 heteroatoms. The van der Waals surface area contributed by atoms with Gasteiger partial charge in [0.05, 0.1) is 24.2 Å². The van der Waals surface area contributed by atoms with Crippen LogP contribution in [0.2, 0.25) is 5.02 Å². The van der Waals surface area contributed by atoms with Crippen molar-refractivity contribution >= 4 is 29.3 Å². The second-order valence-corrected chi connectivity index (χ2v) is 7.87. The number of carbonyl (C=O) groups is 1. The van der Waals surface area contributed by atoms with Crippen molar-refractivity contribution < 1.29 is 9.53 Å². The molecule has 0 bridgehead atoms. The monoisotopic (exact) mass is 429 g/mol. The number of nitrogens with one attached hydrogen (secondary N) is 1. The molecule has 0 spiro atoms. The summed E-state index contributed by atoms with van der Waals surface area (Å²) in [6.07, 6.45) is 2.65. The fourth-order valence-electron chi connectivity index (χ4n) is 2.87. The van der Waals surface area contributed by atoms with Crippen LogP contribution in [0.15, 0.2) is 66.0 Å². The Morgan fingerprint density at radius 2 is 1.93 bits per heavy atom. The maximum atomic E-state index is 12.1. The van der Waals surface area contributed by atoms with Gasteiger partial charge in [0.25, 0.3) is 0 Å². The smallest absolute Gasteiger partial charge is 0.230 e. The standard InChI is InChI=1S/C22H24ClN3O2S/c1-28-13-5-12-24-21(27)16-29-22-25-14-20(18-8-10-19(23)11-9-18)26(22)15-17-6-3-2-4-7-17/h2-4,6-11,14H,5,12-13,15-16H2,1H3,(H,24,27). The van der Waals surface area contributed by atoms with Crippen LogP contribution in [-0.4, -0.2) is 41.5 Å². The van der Waals surface area contributed by atoms with Crippen LogP contribution in [0.3, 0.4) is 0 Å². The zero-order valence-corrected chi connectivity index (χ0v) is 17.9. The van der Waals surface area contributed by atoms with E-state index in [1.54, 1.807) is 7.11 Å². The van der Waals surface area contributed by atoms with E-state index in [1.807, 2.05) is 48.7 Å². The number of benzene rings is 2. The lowest BCUT2D eigenvalue weighted by Crippen LogP contribution is -2.27. The van der Waals surface area contributed by atoms with Crippen molar-refractivity contribution in [3.8, 4) is 11.3 Å². The van der Waals surface area contributed by atoms with E-state index < -0.39 is 0 Å². The van der Waals surface area contributed by atoms with Gasteiger partial charge in [0.15, 0.2) is 5.16 Å². The van der Waals surface area contributed by atoms with Gasteiger partial charge in [-0.25, -0.2) is 4.98 Å². The number of thioether (sulfide) groups is 1. The molecule has 0 aliphatic carbocycles. The third-order valence-electron chi connectivity index (χ3n) is 4.32. The number of nitrogens with zero attached hydrogens (tertiary/aromatic N) is 2. The summed E-state index contributed by atoms with van der Waals surface area (Å²) in [5.41, 5.74) is 3.20. The van der Waals surface area contributed by atoms with Gasteiger partial charge in [0.2, 0.25) is 5.91 Å². The van der Waals surface area contributed by atoms with E-state index in [4.69, 9.17) is 16.3 Å². The molecule has 1 aromatic heterocycles. The summed E-state index contributed by atoms with van der Waals surface area (Å²) in [4.78, 5) is 16.7. The molecular formula is C22H24ClN3O2S. The number of carbonyl (C=O) groups excluding carboxylic acids is 1. The average molecular weight is 430 g/mol. The van der Waals surface area contributed by atoms with Crippen LogP contribution in [-0.2, 0) is 16.1 Å². The largest absolute Gasteiger partial charge is 0.385 e. The minimum Gasteiger partial charge on any atom is -0.385 e. The number of ether oxygens (including phenoxy) is 1. The van der Waals surface area contributed by atoms with Crippen LogP contribution in [0, 0.1) is 0 Å². The van der Waals surface area contributed by atoms with E-state index in [0.29, 0.717) is 30.5 Å². The summed E-state index contributed by atoms with van der Waals surface area (Å²) < 4.78 is 7.14. The summed E-state index contributed by atoms with van der Waals surface area (Å²) >= 11 is 7.48. The van der Waals surface area contributed by atoms with Crippen LogP contribution in [0.25, 0.3) is 11.3 Å². The van der Waals surface area contributed by atoms with Crippen molar-refractivity contribution in [2.45, 2.75) is 18.1 Å². The Balaban J connectivity index is 1.75. The maximum absolute atomic E-state index is 12.1. The van der Waals surface area contributed by atoms with E-state index >= 15 is 0 Å². The molecule has 1 amide bonds. The molecule has 3 rings (SSSR count). The molecule has 0 saturated heterocycles. The van der Waals surface area contributed by atoms with Gasteiger partial charge < -0.3 is 14.6 Å². The molecule has 0 saturated carbocycles. The zero-order chi connectivity index (χ0) is 20.5. The molecule has 0 aliphatic heterocycles. The molecule has 5 nitrogen and oxygen atoms in total. The van der Waals surface area contributed by atoms with E-state index in [9.17, 15) is 4.79 Å². The van der Waals surface area contributed by atoms with Gasteiger partial charge in [-0.3, -0.25) is 4.79 Å². The summed E-state index contributed by atoms with van der Waals surface area (Å²) in [7, 11) is 1.66. The first kappa shape index (κ1) is 21.4. The minimum absolute atomic E-state index is 0.00610. The normalized spacial score (nSPS) is 10.8. The van der Waals surface area contributed by atoms with Crippen molar-refractivity contribution in [3.63, 3.8) is 0 Å². The molecule has 29 heavy (non-hydrogen) atoms. The fraction of sp³-hybridized carbons (Fsp3) is 0.273. The van der Waals surface area contributed by atoms with E-state index in [1.165, 1.54) is 17.3 Å². The van der Waals surface area contributed by atoms with Crippen molar-refractivity contribution in [2.24, 2.45) is 0 Å². The van der Waals surface area contributed by atoms with Crippen LogP contribution >= 0.6 is 23.4 Å². The predicted molar refractivity (Wildman–Crippen MR) is 118 cm³/mol. The predicted octanol–water partition coefficient (Wildman–Crippen LogP) is 4.50. The lowest BCUT2D eigenvalue weighted by molar-refractivity contribution is -0.118. The van der Waals surface area contributed by atoms with Gasteiger partial charge in [-0.15, -0.1) is 0 Å². The number of imidazole rings is 1. The van der Waals surface area contributed by atoms with Gasteiger partial charge in [-0.2, -0.15) is 0 Å². The van der Waals surface area contributed by atoms with Crippen molar-refractivity contribution in [3.05, 3.63) is 71.4 Å². The molecule has 3 aromatic rings. The Labute approximate surface area is 180 Å². The molecule has 1 heterocycles. The summed E-state index contributed by atoms with van der Waals surface area (Å²) in [5, 5.41) is 4.42. The lowest BCUT2D eigenvalue weighted by Gasteiger charge is -2.12. The number of methoxy groups -OCH3 is 1. The van der Waals surface area contributed by atoms with E-state index in [2.05, 4.69) is 27.0 Å². The first-order chi connectivity index (χ1) is 14.2. The average Bonchev–Trinajstić information content (AvgIpc) is 3.13. The molecule has 1 N–H and O–H groups in total. The van der Waals surface area contributed by atoms with E-state index in [0.717, 1.165) is 22.8 Å². The van der Waals surface area contributed by atoms with Crippen molar-refractivity contribution in [1.29, 1.82) is 0 Å². The maximum Gasteiger partial charge on any atom is 0.230 e. The molecule has 0 aliphatic rings. The molecule has 0 atom stereocenters. The Kier molecular flexibility index (Phi) is 8.16. The number of halogens is 1. The highest BCUT2D eigenvalue weighted by molar-refractivity contribution is 7.99. The Bertz CT molecular complexity index is 914. The molecule has 0 unspecified atom stereocenters. The summed E-state index contributed by atoms with van der Waals surface area (Å²) in [5.74, 6) is 0.312. The third kappa shape index (κ3) is 6.35. The van der Waals surface area contributed by atoms with Gasteiger partial charge >= 0.3 is 0 Å². The number of aromatic nitrogens is 2. The zero-order valence-electron chi connectivity index (χ0n) is 16.3. The Morgan fingerprint density at radius 1 is 1.17 bits per heavy atom. The quantitative estimate of drug-likeness (QED) is 0.381. The molecule has 0 fully saturated rings. The second-order valence-electron chi connectivity index (χ2n) is 6.49. The number of hydrogen-bond donors (Lipinski definition) is 1. The second kappa shape index (κ2) is 11.0. The van der Waals surface area contributed by atoms with Crippen LogP contribution in [0.4, 0.5) is 0 Å². The van der Waals surface area contributed by atoms with Crippen LogP contribution < -0.4 is 5.32 Å². The van der Waals surface area contributed by atoms with Crippen LogP contribution in [0.5, 0.6) is 0 Å². The van der Waals surface area contributed by atoms with Gasteiger partial charge in [0.1, 0.15) is 0 Å². The highest BCUT2D eigenvalue weighted by atomic mass is 35.5. The first-order valence-electron chi connectivity index (χ1n) is 9.41. The number of amides is 1. The fourth-order valence-corrected chi connectivity index (χ4v) is 3.80. The van der Waals surface area contributed by atoms with Gasteiger partial charge in [0, 0.05) is 25.3 Å². The molecule has 0 radical (unpaired) electrons. The first-order valence-corrected chi connectivity index (χ1v) is 10.8. The number of rotatable bonds is 10. The molecular weight excluding hydrogens is 406 g/mol. The van der Waals surface area contributed by atoms with Crippen molar-refractivity contribution in [2.75, 3.05) is 26.0 Å². The van der Waals surface area contributed by atoms with Crippen LogP contribution in [0.1, 0.15) is 12.0 Å². The van der Waals surface area contributed by atoms with Gasteiger partial charge in [-0.1, -0.05) is 65.8 Å². The highest BCUT2D eigenvalue weighted by Crippen LogP contribution is 2.28. The summed E-state index contributed by atoms with van der Waals surface area (Å²) in [6.45, 7) is 1.93. The van der Waals surface area contributed by atoms with E-state index in [-0.39, 0.29) is 5.91 Å². The number of hydrogen-bond acceptors (Lipinski definition) is 4. The Morgan fingerprint density at radius 3 is 2.66 bits per heavy atom. The third-order valence-corrected chi connectivity index (χ3v) is 5.56. The SMILES string of the molecule is COCCCNC(=O)CSc1ncc(-c2ccc(Cl)cc2)n1Cc1ccccc1. The van der Waals surface area contributed by atoms with Crippen molar-refractivity contribution in [1.82, 2.24) is 14.9 Å². The Hall–Kier alpha value is -2.28. The van der Waals surface area contributed by atoms with Gasteiger partial charge in [-0.05, 0) is 29.7 Å². The molecule has 152 valence electrons. The topological polar surface area (TPSA) is 56.1 Å². The highest BCUT2D eigenvalue weighted by Gasteiger charge is 2.14. The summed E-state index contributed by atoms with van der Waals surface area (Å²) in [6, 6.07) is 17.9. The lowest BCUT2D eigenvalue weighted by atomic mass is 10.1. The minimum atomic E-state index is -0.00610. The molecule has 2 aromatic carbocycles.